The molecule has 0 amide bonds. The number of rotatable bonds is 4. The number of aliphatic carboxylic acids is 3. The fourth-order valence-corrected chi connectivity index (χ4v) is 3.80. The van der Waals surface area contributed by atoms with Crippen molar-refractivity contribution < 1.29 is 69.2 Å². The van der Waals surface area contributed by atoms with Crippen LogP contribution in [0.2, 0.25) is 0 Å². The number of fused-ring (bicyclic) bond motifs is 1. The molecule has 1 saturated heterocycles. The van der Waals surface area contributed by atoms with Gasteiger partial charge in [-0.05, 0) is 24.7 Å². The molecule has 46 heavy (non-hydrogen) atoms. The summed E-state index contributed by atoms with van der Waals surface area (Å²) >= 11 is 0. The van der Waals surface area contributed by atoms with E-state index in [-0.39, 0.29) is 0 Å². The predicted octanol–water partition coefficient (Wildman–Crippen LogP) is 2.98. The van der Waals surface area contributed by atoms with E-state index in [9.17, 15) is 39.5 Å². The Morgan fingerprint density at radius 3 is 1.54 bits per heavy atom. The van der Waals surface area contributed by atoms with Gasteiger partial charge in [0, 0.05) is 83.9 Å². The van der Waals surface area contributed by atoms with Crippen LogP contribution in [0.3, 0.4) is 0 Å². The molecule has 1 fully saturated rings. The number of halogens is 9. The van der Waals surface area contributed by atoms with Crippen LogP contribution in [-0.2, 0) is 40.4 Å². The molecule has 0 aromatic carbocycles. The van der Waals surface area contributed by atoms with E-state index in [4.69, 9.17) is 34.7 Å². The number of pyridine rings is 1. The molecule has 0 atom stereocenters. The van der Waals surface area contributed by atoms with E-state index >= 15 is 0 Å². The Hall–Kier alpha value is -3.98. The highest BCUT2D eigenvalue weighted by Crippen LogP contribution is 2.17. The van der Waals surface area contributed by atoms with Crippen LogP contribution in [0.15, 0.2) is 30.7 Å². The lowest BCUT2D eigenvalue weighted by molar-refractivity contribution is -0.193. The van der Waals surface area contributed by atoms with Gasteiger partial charge in [-0.15, -0.1) is 0 Å². The number of piperazine rings is 1. The molecule has 4 rings (SSSR count). The number of hydrogen-bond donors (Lipinski definition) is 3. The number of aromatic nitrogens is 3. The van der Waals surface area contributed by atoms with Gasteiger partial charge in [0.15, 0.2) is 0 Å². The molecule has 0 spiro atoms. The van der Waals surface area contributed by atoms with Crippen molar-refractivity contribution in [3.63, 3.8) is 0 Å². The molecular formula is C25H31F9N6O6. The second-order valence-corrected chi connectivity index (χ2v) is 9.69. The zero-order valence-corrected chi connectivity index (χ0v) is 24.1. The van der Waals surface area contributed by atoms with Gasteiger partial charge in [0.25, 0.3) is 0 Å². The van der Waals surface area contributed by atoms with Gasteiger partial charge < -0.3 is 24.8 Å². The van der Waals surface area contributed by atoms with E-state index in [1.165, 1.54) is 30.2 Å². The molecule has 0 radical (unpaired) electrons. The number of hydrogen-bond acceptors (Lipinski definition) is 8. The Morgan fingerprint density at radius 2 is 1.11 bits per heavy atom. The molecule has 3 N–H and O–H groups in total. The summed E-state index contributed by atoms with van der Waals surface area (Å²) < 4.78 is 97.7. The first-order chi connectivity index (χ1) is 21.1. The van der Waals surface area contributed by atoms with Crippen LogP contribution in [-0.4, -0.2) is 127 Å². The molecule has 12 nitrogen and oxygen atoms in total. The van der Waals surface area contributed by atoms with Gasteiger partial charge in [-0.2, -0.15) is 39.5 Å². The van der Waals surface area contributed by atoms with Crippen LogP contribution in [0.4, 0.5) is 39.5 Å². The van der Waals surface area contributed by atoms with E-state index in [0.717, 1.165) is 52.2 Å². The lowest BCUT2D eigenvalue weighted by Gasteiger charge is -2.32. The van der Waals surface area contributed by atoms with E-state index in [0.29, 0.717) is 0 Å². The third-order valence-corrected chi connectivity index (χ3v) is 6.18. The Labute approximate surface area is 255 Å². The van der Waals surface area contributed by atoms with Crippen molar-refractivity contribution in [3.05, 3.63) is 47.8 Å². The Morgan fingerprint density at radius 1 is 0.696 bits per heavy atom. The summed E-state index contributed by atoms with van der Waals surface area (Å²) in [5.41, 5.74) is 2.72. The lowest BCUT2D eigenvalue weighted by atomic mass is 10.2. The maximum absolute atomic E-state index is 10.6. The minimum atomic E-state index is -5.08. The van der Waals surface area contributed by atoms with Gasteiger partial charge in [0.1, 0.15) is 5.82 Å². The molecule has 2 aromatic heterocycles. The third kappa shape index (κ3) is 15.3. The van der Waals surface area contributed by atoms with Crippen LogP contribution >= 0.6 is 0 Å². The van der Waals surface area contributed by atoms with Crippen LogP contribution in [0, 0.1) is 0 Å². The second-order valence-electron chi connectivity index (χ2n) is 9.69. The average Bonchev–Trinajstić information content (AvgIpc) is 3.20. The quantitative estimate of drug-likeness (QED) is 0.409. The molecular weight excluding hydrogens is 651 g/mol. The summed E-state index contributed by atoms with van der Waals surface area (Å²) in [7, 11) is 2.21. The monoisotopic (exact) mass is 682 g/mol. The molecule has 4 heterocycles. The highest BCUT2D eigenvalue weighted by atomic mass is 19.4. The van der Waals surface area contributed by atoms with Crippen molar-refractivity contribution in [1.82, 2.24) is 29.2 Å². The second kappa shape index (κ2) is 17.6. The van der Waals surface area contributed by atoms with Crippen LogP contribution in [0.5, 0.6) is 0 Å². The van der Waals surface area contributed by atoms with E-state index in [1.807, 2.05) is 12.4 Å². The SMILES string of the molecule is CN1CCN(Cc2cnc3n2CCN(Cc2ccncc2)CC3)CC1.O=C(O)C(F)(F)F.O=C(O)C(F)(F)F.O=C(O)C(F)(F)F. The summed E-state index contributed by atoms with van der Waals surface area (Å²) in [4.78, 5) is 43.0. The molecule has 21 heteroatoms. The fourth-order valence-electron chi connectivity index (χ4n) is 3.80. The average molecular weight is 683 g/mol. The van der Waals surface area contributed by atoms with Crippen molar-refractivity contribution in [2.45, 2.75) is 44.6 Å². The Bertz CT molecular complexity index is 1190. The molecule has 0 bridgehead atoms. The zero-order valence-electron chi connectivity index (χ0n) is 24.1. The van der Waals surface area contributed by atoms with Crippen molar-refractivity contribution >= 4 is 17.9 Å². The first-order valence-corrected chi connectivity index (χ1v) is 13.1. The highest BCUT2D eigenvalue weighted by Gasteiger charge is 2.39. The Kier molecular flexibility index (Phi) is 15.4. The maximum atomic E-state index is 10.6. The minimum absolute atomic E-state index is 1.00. The predicted molar refractivity (Wildman–Crippen MR) is 139 cm³/mol. The first-order valence-electron chi connectivity index (χ1n) is 13.1. The molecule has 0 saturated carbocycles. The van der Waals surface area contributed by atoms with Crippen molar-refractivity contribution in [2.75, 3.05) is 46.3 Å². The molecule has 2 aromatic rings. The number of alkyl halides is 9. The van der Waals surface area contributed by atoms with Crippen molar-refractivity contribution in [1.29, 1.82) is 0 Å². The number of imidazole rings is 1. The number of nitrogens with zero attached hydrogens (tertiary/aromatic N) is 6. The normalized spacial score (nSPS) is 16.2. The van der Waals surface area contributed by atoms with Gasteiger partial charge in [0.2, 0.25) is 0 Å². The highest BCUT2D eigenvalue weighted by molar-refractivity contribution is 5.73. The number of carboxylic acids is 3. The summed E-state index contributed by atoms with van der Waals surface area (Å²) in [6.45, 7) is 9.89. The zero-order chi connectivity index (χ0) is 35.3. The molecule has 2 aliphatic heterocycles. The topological polar surface area (TPSA) is 152 Å². The molecule has 0 aliphatic carbocycles. The number of carbonyl (C=O) groups is 3. The van der Waals surface area contributed by atoms with Crippen molar-refractivity contribution in [3.8, 4) is 0 Å². The van der Waals surface area contributed by atoms with Gasteiger partial charge in [-0.3, -0.25) is 14.8 Å². The summed E-state index contributed by atoms with van der Waals surface area (Å²) in [5.74, 6) is -7.02. The fraction of sp³-hybridized carbons (Fsp3) is 0.560. The van der Waals surface area contributed by atoms with E-state index in [2.05, 4.69) is 49.6 Å². The smallest absolute Gasteiger partial charge is 0.475 e. The molecule has 260 valence electrons. The standard InChI is InChI=1S/C19H28N6.3C2HF3O2/c1-22-8-10-24(11-9-22)16-18-14-21-19-4-7-23(12-13-25(18)19)15-17-2-5-20-6-3-17;3*3-2(4,5)1(6)7/h2-3,5-6,14H,4,7-13,15-16H2,1H3;3*(H,6,7). The minimum Gasteiger partial charge on any atom is -0.475 e. The maximum Gasteiger partial charge on any atom is 0.490 e. The third-order valence-electron chi connectivity index (χ3n) is 6.18. The van der Waals surface area contributed by atoms with E-state index < -0.39 is 36.4 Å². The Balaban J connectivity index is 0.000000413. The molecule has 2 aliphatic rings. The van der Waals surface area contributed by atoms with Gasteiger partial charge in [-0.1, -0.05) is 0 Å². The van der Waals surface area contributed by atoms with Crippen LogP contribution in [0.25, 0.3) is 0 Å². The summed E-state index contributed by atoms with van der Waals surface area (Å²) in [6.07, 6.45) is -8.35. The largest absolute Gasteiger partial charge is 0.490 e. The van der Waals surface area contributed by atoms with E-state index in [1.54, 1.807) is 0 Å². The van der Waals surface area contributed by atoms with Crippen molar-refractivity contribution in [2.24, 2.45) is 0 Å². The summed E-state index contributed by atoms with van der Waals surface area (Å²) in [6, 6.07) is 4.23. The van der Waals surface area contributed by atoms with Gasteiger partial charge in [0.05, 0.1) is 5.69 Å². The number of likely N-dealkylation sites (N-methyl/N-ethyl adjacent to an activating group) is 1. The van der Waals surface area contributed by atoms with Crippen LogP contribution in [0.1, 0.15) is 17.1 Å². The lowest BCUT2D eigenvalue weighted by Crippen LogP contribution is -2.44. The van der Waals surface area contributed by atoms with Crippen LogP contribution < -0.4 is 0 Å². The number of carboxylic acid groups (broad SMARTS) is 3. The molecule has 0 unspecified atom stereocenters. The first kappa shape index (κ1) is 40.0. The summed E-state index contributed by atoms with van der Waals surface area (Å²) in [5, 5.41) is 21.4. The van der Waals surface area contributed by atoms with Gasteiger partial charge in [-0.25, -0.2) is 19.4 Å². The van der Waals surface area contributed by atoms with Gasteiger partial charge >= 0.3 is 36.4 Å².